The predicted octanol–water partition coefficient (Wildman–Crippen LogP) is 2.54. The summed E-state index contributed by atoms with van der Waals surface area (Å²) in [7, 11) is 1.86. The largest absolute Gasteiger partial charge is 0.353 e. The number of amides is 1. The van der Waals surface area contributed by atoms with Crippen LogP contribution in [0.1, 0.15) is 19.4 Å². The Hall–Kier alpha value is -0.940. The van der Waals surface area contributed by atoms with E-state index in [-0.39, 0.29) is 17.8 Å². The van der Waals surface area contributed by atoms with Gasteiger partial charge in [-0.05, 0) is 54.5 Å². The summed E-state index contributed by atoms with van der Waals surface area (Å²) in [5.74, 6) is -0.285. The van der Waals surface area contributed by atoms with Gasteiger partial charge in [0.15, 0.2) is 0 Å². The summed E-state index contributed by atoms with van der Waals surface area (Å²) < 4.78 is 13.5. The summed E-state index contributed by atoms with van der Waals surface area (Å²) in [6, 6.07) is 5.01. The number of carbonyl (C=O) groups excluding carboxylic acids is 1. The zero-order valence-corrected chi connectivity index (χ0v) is 12.4. The van der Waals surface area contributed by atoms with Crippen LogP contribution in [0.5, 0.6) is 0 Å². The second kappa shape index (κ2) is 6.85. The molecule has 1 amide bonds. The molecule has 0 aliphatic rings. The first-order chi connectivity index (χ1) is 8.38. The number of halogens is 2. The van der Waals surface area contributed by atoms with Crippen molar-refractivity contribution in [1.82, 2.24) is 10.2 Å². The molecule has 0 heterocycles. The Morgan fingerprint density at radius 3 is 2.72 bits per heavy atom. The molecule has 0 radical (unpaired) electrons. The lowest BCUT2D eigenvalue weighted by molar-refractivity contribution is -0.122. The van der Waals surface area contributed by atoms with Crippen molar-refractivity contribution >= 4 is 21.8 Å². The molecule has 0 aliphatic carbocycles. The van der Waals surface area contributed by atoms with Crippen molar-refractivity contribution in [3.05, 3.63) is 34.1 Å². The second-order valence-electron chi connectivity index (χ2n) is 4.64. The van der Waals surface area contributed by atoms with Gasteiger partial charge in [0.25, 0.3) is 0 Å². The van der Waals surface area contributed by atoms with E-state index in [1.807, 2.05) is 25.8 Å². The zero-order valence-electron chi connectivity index (χ0n) is 10.8. The molecule has 1 aromatic carbocycles. The fraction of sp³-hybridized carbons (Fsp3) is 0.462. The van der Waals surface area contributed by atoms with Crippen LogP contribution in [-0.2, 0) is 11.3 Å². The Bertz CT molecular complexity index is 423. The predicted molar refractivity (Wildman–Crippen MR) is 73.7 cm³/mol. The lowest BCUT2D eigenvalue weighted by Crippen LogP contribution is -2.38. The first kappa shape index (κ1) is 15.1. The molecule has 0 spiro atoms. The van der Waals surface area contributed by atoms with E-state index in [9.17, 15) is 9.18 Å². The van der Waals surface area contributed by atoms with Gasteiger partial charge in [0.05, 0.1) is 11.0 Å². The number of carbonyl (C=O) groups is 1. The molecule has 0 bridgehead atoms. The van der Waals surface area contributed by atoms with Crippen LogP contribution in [0.4, 0.5) is 4.39 Å². The van der Waals surface area contributed by atoms with E-state index < -0.39 is 0 Å². The van der Waals surface area contributed by atoms with Crippen molar-refractivity contribution in [2.45, 2.75) is 26.4 Å². The van der Waals surface area contributed by atoms with Crippen LogP contribution in [-0.4, -0.2) is 30.4 Å². The normalized spacial score (nSPS) is 11.1. The van der Waals surface area contributed by atoms with Gasteiger partial charge in [0.2, 0.25) is 5.91 Å². The number of benzene rings is 1. The Kier molecular flexibility index (Phi) is 5.75. The molecule has 100 valence electrons. The summed E-state index contributed by atoms with van der Waals surface area (Å²) in [5, 5.41) is 2.83. The molecular weight excluding hydrogens is 299 g/mol. The van der Waals surface area contributed by atoms with Crippen molar-refractivity contribution in [2.75, 3.05) is 13.6 Å². The highest BCUT2D eigenvalue weighted by atomic mass is 79.9. The van der Waals surface area contributed by atoms with Crippen molar-refractivity contribution < 1.29 is 9.18 Å². The molecule has 1 rings (SSSR count). The van der Waals surface area contributed by atoms with Crippen LogP contribution in [0.25, 0.3) is 0 Å². The molecule has 0 fully saturated rings. The van der Waals surface area contributed by atoms with Gasteiger partial charge in [-0.1, -0.05) is 6.07 Å². The topological polar surface area (TPSA) is 32.3 Å². The first-order valence-corrected chi connectivity index (χ1v) is 6.59. The van der Waals surface area contributed by atoms with E-state index in [0.29, 0.717) is 17.6 Å². The van der Waals surface area contributed by atoms with Gasteiger partial charge in [-0.15, -0.1) is 0 Å². The minimum absolute atomic E-state index is 0.00585. The maximum atomic E-state index is 13.1. The number of hydrogen-bond donors (Lipinski definition) is 1. The molecule has 18 heavy (non-hydrogen) atoms. The lowest BCUT2D eigenvalue weighted by Gasteiger charge is -2.17. The van der Waals surface area contributed by atoms with Gasteiger partial charge in [-0.25, -0.2) is 4.39 Å². The molecule has 0 atom stereocenters. The standard InChI is InChI=1S/C13H18BrFN2O/c1-9(2)16-13(18)8-17(3)7-10-4-5-12(15)11(14)6-10/h4-6,9H,7-8H2,1-3H3,(H,16,18). The Labute approximate surface area is 115 Å². The molecule has 3 nitrogen and oxygen atoms in total. The molecule has 1 aromatic rings. The number of nitrogens with one attached hydrogen (secondary N) is 1. The maximum Gasteiger partial charge on any atom is 0.234 e. The summed E-state index contributed by atoms with van der Waals surface area (Å²) in [5.41, 5.74) is 0.961. The van der Waals surface area contributed by atoms with E-state index >= 15 is 0 Å². The fourth-order valence-electron chi connectivity index (χ4n) is 1.62. The average Bonchev–Trinajstić information content (AvgIpc) is 2.21. The van der Waals surface area contributed by atoms with Crippen LogP contribution < -0.4 is 5.32 Å². The van der Waals surface area contributed by atoms with Gasteiger partial charge in [0.1, 0.15) is 5.82 Å². The van der Waals surface area contributed by atoms with E-state index in [0.717, 1.165) is 5.56 Å². The van der Waals surface area contributed by atoms with E-state index in [1.165, 1.54) is 6.07 Å². The van der Waals surface area contributed by atoms with Crippen molar-refractivity contribution in [1.29, 1.82) is 0 Å². The van der Waals surface area contributed by atoms with Crippen molar-refractivity contribution in [3.63, 3.8) is 0 Å². The minimum Gasteiger partial charge on any atom is -0.353 e. The van der Waals surface area contributed by atoms with Crippen LogP contribution in [0.15, 0.2) is 22.7 Å². The first-order valence-electron chi connectivity index (χ1n) is 5.80. The van der Waals surface area contributed by atoms with Crippen molar-refractivity contribution in [3.8, 4) is 0 Å². The highest BCUT2D eigenvalue weighted by molar-refractivity contribution is 9.10. The molecule has 0 aromatic heterocycles. The maximum absolute atomic E-state index is 13.1. The number of hydrogen-bond acceptors (Lipinski definition) is 2. The van der Waals surface area contributed by atoms with Gasteiger partial charge < -0.3 is 5.32 Å². The van der Waals surface area contributed by atoms with Crippen LogP contribution >= 0.6 is 15.9 Å². The molecular formula is C13H18BrFN2O. The number of likely N-dealkylation sites (N-methyl/N-ethyl adjacent to an activating group) is 1. The molecule has 0 aliphatic heterocycles. The molecule has 5 heteroatoms. The van der Waals surface area contributed by atoms with Gasteiger partial charge in [-0.3, -0.25) is 9.69 Å². The van der Waals surface area contributed by atoms with E-state index in [1.54, 1.807) is 12.1 Å². The third kappa shape index (κ3) is 5.14. The highest BCUT2D eigenvalue weighted by Gasteiger charge is 2.09. The SMILES string of the molecule is CC(C)NC(=O)CN(C)Cc1ccc(F)c(Br)c1. The lowest BCUT2D eigenvalue weighted by atomic mass is 10.2. The molecule has 0 unspecified atom stereocenters. The number of rotatable bonds is 5. The summed E-state index contributed by atoms with van der Waals surface area (Å²) in [6.07, 6.45) is 0. The van der Waals surface area contributed by atoms with Gasteiger partial charge >= 0.3 is 0 Å². The quantitative estimate of drug-likeness (QED) is 0.905. The fourth-order valence-corrected chi connectivity index (χ4v) is 2.04. The Morgan fingerprint density at radius 1 is 1.50 bits per heavy atom. The third-order valence-electron chi connectivity index (χ3n) is 2.30. The molecule has 1 N–H and O–H groups in total. The number of nitrogens with zero attached hydrogens (tertiary/aromatic N) is 1. The van der Waals surface area contributed by atoms with Crippen LogP contribution in [0, 0.1) is 5.82 Å². The second-order valence-corrected chi connectivity index (χ2v) is 5.50. The van der Waals surface area contributed by atoms with Crippen molar-refractivity contribution in [2.24, 2.45) is 0 Å². The minimum atomic E-state index is -0.279. The summed E-state index contributed by atoms with van der Waals surface area (Å²) in [4.78, 5) is 13.4. The Morgan fingerprint density at radius 2 is 2.17 bits per heavy atom. The van der Waals surface area contributed by atoms with E-state index in [4.69, 9.17) is 0 Å². The van der Waals surface area contributed by atoms with Gasteiger partial charge in [0, 0.05) is 12.6 Å². The molecule has 0 saturated carbocycles. The smallest absolute Gasteiger partial charge is 0.234 e. The molecule has 0 saturated heterocycles. The third-order valence-corrected chi connectivity index (χ3v) is 2.91. The summed E-state index contributed by atoms with van der Waals surface area (Å²) >= 11 is 3.15. The van der Waals surface area contributed by atoms with Crippen LogP contribution in [0.2, 0.25) is 0 Å². The Balaban J connectivity index is 2.51. The van der Waals surface area contributed by atoms with E-state index in [2.05, 4.69) is 21.2 Å². The van der Waals surface area contributed by atoms with Crippen LogP contribution in [0.3, 0.4) is 0 Å². The average molecular weight is 317 g/mol. The van der Waals surface area contributed by atoms with Gasteiger partial charge in [-0.2, -0.15) is 0 Å². The summed E-state index contributed by atoms with van der Waals surface area (Å²) in [6.45, 7) is 4.78. The monoisotopic (exact) mass is 316 g/mol. The zero-order chi connectivity index (χ0) is 13.7. The highest BCUT2D eigenvalue weighted by Crippen LogP contribution is 2.17.